The number of anilines is 1. The highest BCUT2D eigenvalue weighted by Gasteiger charge is 2.67. The Morgan fingerprint density at radius 3 is 2.80 bits per heavy atom. The van der Waals surface area contributed by atoms with Gasteiger partial charge in [0.25, 0.3) is 5.69 Å². The summed E-state index contributed by atoms with van der Waals surface area (Å²) in [5.41, 5.74) is -1.26. The fourth-order valence-corrected chi connectivity index (χ4v) is 3.89. The Morgan fingerprint density at radius 1 is 1.40 bits per heavy atom. The van der Waals surface area contributed by atoms with Gasteiger partial charge in [-0.2, -0.15) is 0 Å². The summed E-state index contributed by atoms with van der Waals surface area (Å²) in [5.74, 6) is -2.46. The lowest BCUT2D eigenvalue weighted by atomic mass is 9.77. The summed E-state index contributed by atoms with van der Waals surface area (Å²) < 4.78 is 10.8. The molecule has 1 aromatic carbocycles. The Bertz CT molecular complexity index is 836. The number of nitro benzene ring substituents is 1. The van der Waals surface area contributed by atoms with Crippen LogP contribution >= 0.6 is 0 Å². The number of benzene rings is 1. The third kappa shape index (κ3) is 1.90. The molecular formula is C16H14N2O7. The zero-order chi connectivity index (χ0) is 17.9. The number of hydrogen-bond acceptors (Lipinski definition) is 7. The smallest absolute Gasteiger partial charge is 0.273 e. The summed E-state index contributed by atoms with van der Waals surface area (Å²) in [6, 6.07) is 3.68. The number of amides is 2. The molecule has 2 fully saturated rings. The van der Waals surface area contributed by atoms with E-state index in [-0.39, 0.29) is 17.1 Å². The highest BCUT2D eigenvalue weighted by atomic mass is 16.6. The number of methoxy groups -OCH3 is 1. The fraction of sp³-hybridized carbons (Fsp3) is 0.375. The van der Waals surface area contributed by atoms with Crippen LogP contribution in [0, 0.1) is 22.0 Å². The average Bonchev–Trinajstić information content (AvgIpc) is 3.25. The van der Waals surface area contributed by atoms with Crippen LogP contribution in [0.15, 0.2) is 30.4 Å². The first-order valence-electron chi connectivity index (χ1n) is 7.62. The summed E-state index contributed by atoms with van der Waals surface area (Å²) in [6.07, 6.45) is 2.74. The van der Waals surface area contributed by atoms with E-state index >= 15 is 0 Å². The predicted molar refractivity (Wildman–Crippen MR) is 83.0 cm³/mol. The van der Waals surface area contributed by atoms with Crippen LogP contribution in [0.2, 0.25) is 0 Å². The fourth-order valence-electron chi connectivity index (χ4n) is 3.89. The predicted octanol–water partition coefficient (Wildman–Crippen LogP) is 0.409. The molecule has 9 heteroatoms. The molecule has 3 heterocycles. The second-order valence-corrected chi connectivity index (χ2v) is 6.18. The van der Waals surface area contributed by atoms with Gasteiger partial charge in [0, 0.05) is 6.07 Å². The van der Waals surface area contributed by atoms with Crippen molar-refractivity contribution in [3.05, 3.63) is 40.5 Å². The summed E-state index contributed by atoms with van der Waals surface area (Å²) in [5, 5.41) is 20.6. The zero-order valence-electron chi connectivity index (χ0n) is 13.1. The van der Waals surface area contributed by atoms with Gasteiger partial charge in [-0.3, -0.25) is 19.7 Å². The van der Waals surface area contributed by atoms with Crippen LogP contribution in [-0.4, -0.2) is 47.3 Å². The number of nitrogens with zero attached hydrogens (tertiary/aromatic N) is 2. The molecule has 0 aromatic heterocycles. The molecule has 4 atom stereocenters. The Morgan fingerprint density at radius 2 is 2.16 bits per heavy atom. The van der Waals surface area contributed by atoms with E-state index in [0.29, 0.717) is 0 Å². The lowest BCUT2D eigenvalue weighted by molar-refractivity contribution is -0.384. The Kier molecular flexibility index (Phi) is 3.21. The maximum absolute atomic E-state index is 12.9. The van der Waals surface area contributed by atoms with Crippen molar-refractivity contribution in [3.63, 3.8) is 0 Å². The topological polar surface area (TPSA) is 119 Å². The maximum Gasteiger partial charge on any atom is 0.273 e. The van der Waals surface area contributed by atoms with Crippen molar-refractivity contribution in [1.82, 2.24) is 0 Å². The number of aliphatic hydroxyl groups excluding tert-OH is 1. The van der Waals surface area contributed by atoms with Crippen molar-refractivity contribution in [2.75, 3.05) is 18.6 Å². The first-order valence-corrected chi connectivity index (χ1v) is 7.62. The number of nitro groups is 1. The molecular weight excluding hydrogens is 332 g/mol. The van der Waals surface area contributed by atoms with Gasteiger partial charge in [-0.1, -0.05) is 12.2 Å². The monoisotopic (exact) mass is 346 g/mol. The van der Waals surface area contributed by atoms with Crippen LogP contribution in [0.3, 0.4) is 0 Å². The van der Waals surface area contributed by atoms with Gasteiger partial charge in [0.15, 0.2) is 0 Å². The zero-order valence-corrected chi connectivity index (χ0v) is 13.1. The number of carbonyl (C=O) groups excluding carboxylic acids is 2. The third-order valence-corrected chi connectivity index (χ3v) is 5.02. The number of rotatable bonds is 4. The SMILES string of the molecule is COc1cc([N+](=O)[O-])ccc1N1C(=O)[C@@H]2[C@H]3C=C[C@@](CO)(O3)[C@H]2C1=O. The highest BCUT2D eigenvalue weighted by Crippen LogP contribution is 2.53. The number of hydrogen-bond donors (Lipinski definition) is 1. The van der Waals surface area contributed by atoms with Crippen molar-refractivity contribution in [1.29, 1.82) is 0 Å². The number of imide groups is 1. The Balaban J connectivity index is 1.78. The molecule has 2 saturated heterocycles. The molecule has 3 aliphatic heterocycles. The molecule has 9 nitrogen and oxygen atoms in total. The standard InChI is InChI=1S/C16H14N2O7/c1-24-11-6-8(18(22)23)2-3-9(11)17-14(20)12-10-4-5-16(7-19,25-10)13(12)15(17)21/h2-6,10,12-13,19H,7H2,1H3/t10-,12-,13-,16+/m1/s1. The molecule has 4 rings (SSSR count). The van der Waals surface area contributed by atoms with Crippen LogP contribution in [0.25, 0.3) is 0 Å². The van der Waals surface area contributed by atoms with E-state index in [1.54, 1.807) is 12.2 Å². The Hall–Kier alpha value is -2.78. The van der Waals surface area contributed by atoms with Gasteiger partial charge >= 0.3 is 0 Å². The van der Waals surface area contributed by atoms with E-state index in [4.69, 9.17) is 9.47 Å². The second kappa shape index (κ2) is 5.11. The number of aliphatic hydroxyl groups is 1. The molecule has 2 amide bonds. The van der Waals surface area contributed by atoms with E-state index in [2.05, 4.69) is 0 Å². The summed E-state index contributed by atoms with van der Waals surface area (Å²) in [4.78, 5) is 37.1. The lowest BCUT2D eigenvalue weighted by Crippen LogP contribution is -2.43. The third-order valence-electron chi connectivity index (χ3n) is 5.02. The van der Waals surface area contributed by atoms with Crippen LogP contribution < -0.4 is 9.64 Å². The first kappa shape index (κ1) is 15.7. The van der Waals surface area contributed by atoms with Gasteiger partial charge in [0.2, 0.25) is 11.8 Å². The van der Waals surface area contributed by atoms with E-state index in [1.807, 2.05) is 0 Å². The minimum Gasteiger partial charge on any atom is -0.494 e. The van der Waals surface area contributed by atoms with E-state index in [1.165, 1.54) is 19.2 Å². The van der Waals surface area contributed by atoms with Gasteiger partial charge < -0.3 is 14.6 Å². The molecule has 3 aliphatic rings. The normalized spacial score (nSPS) is 32.4. The van der Waals surface area contributed by atoms with Crippen molar-refractivity contribution in [2.45, 2.75) is 11.7 Å². The van der Waals surface area contributed by atoms with Gasteiger partial charge in [-0.25, -0.2) is 4.90 Å². The van der Waals surface area contributed by atoms with Crippen molar-refractivity contribution in [3.8, 4) is 5.75 Å². The molecule has 25 heavy (non-hydrogen) atoms. The summed E-state index contributed by atoms with van der Waals surface area (Å²) >= 11 is 0. The van der Waals surface area contributed by atoms with Gasteiger partial charge in [0.1, 0.15) is 11.4 Å². The number of non-ortho nitro benzene ring substituents is 1. The molecule has 0 radical (unpaired) electrons. The van der Waals surface area contributed by atoms with Crippen LogP contribution in [0.1, 0.15) is 0 Å². The van der Waals surface area contributed by atoms with E-state index in [9.17, 15) is 24.8 Å². The number of carbonyl (C=O) groups is 2. The second-order valence-electron chi connectivity index (χ2n) is 6.18. The average molecular weight is 346 g/mol. The van der Waals surface area contributed by atoms with E-state index < -0.39 is 46.9 Å². The maximum atomic E-state index is 12.9. The summed E-state index contributed by atoms with van der Waals surface area (Å²) in [6.45, 7) is -0.411. The largest absolute Gasteiger partial charge is 0.494 e. The highest BCUT2D eigenvalue weighted by molar-refractivity contribution is 6.24. The van der Waals surface area contributed by atoms with Crippen LogP contribution in [0.5, 0.6) is 5.75 Å². The van der Waals surface area contributed by atoms with Crippen molar-refractivity contribution in [2.24, 2.45) is 11.8 Å². The van der Waals surface area contributed by atoms with Crippen molar-refractivity contribution >= 4 is 23.2 Å². The molecule has 1 aromatic rings. The van der Waals surface area contributed by atoms with Crippen LogP contribution in [-0.2, 0) is 14.3 Å². The number of ether oxygens (including phenoxy) is 2. The quantitative estimate of drug-likeness (QED) is 0.363. The van der Waals surface area contributed by atoms with E-state index in [0.717, 1.165) is 11.0 Å². The molecule has 0 aliphatic carbocycles. The lowest BCUT2D eigenvalue weighted by Gasteiger charge is -2.26. The summed E-state index contributed by atoms with van der Waals surface area (Å²) in [7, 11) is 1.30. The van der Waals surface area contributed by atoms with Gasteiger partial charge in [-0.05, 0) is 6.07 Å². The molecule has 0 saturated carbocycles. The van der Waals surface area contributed by atoms with Gasteiger partial charge in [-0.15, -0.1) is 0 Å². The molecule has 130 valence electrons. The van der Waals surface area contributed by atoms with Gasteiger partial charge in [0.05, 0.1) is 48.3 Å². The first-order chi connectivity index (χ1) is 11.9. The van der Waals surface area contributed by atoms with Crippen LogP contribution in [0.4, 0.5) is 11.4 Å². The minimum atomic E-state index is -1.19. The molecule has 0 unspecified atom stereocenters. The number of fused-ring (bicyclic) bond motifs is 5. The molecule has 1 N–H and O–H groups in total. The Labute approximate surface area is 141 Å². The minimum absolute atomic E-state index is 0.0511. The molecule has 0 spiro atoms. The van der Waals surface area contributed by atoms with Crippen molar-refractivity contribution < 1.29 is 29.1 Å². The molecule has 2 bridgehead atoms.